The minimum absolute atomic E-state index is 0.00310. The van der Waals surface area contributed by atoms with E-state index >= 15 is 0 Å². The van der Waals surface area contributed by atoms with Gasteiger partial charge in [-0.05, 0) is 36.6 Å². The van der Waals surface area contributed by atoms with Crippen molar-refractivity contribution in [3.63, 3.8) is 0 Å². The van der Waals surface area contributed by atoms with Gasteiger partial charge < -0.3 is 5.73 Å². The lowest BCUT2D eigenvalue weighted by molar-refractivity contribution is 0.240. The van der Waals surface area contributed by atoms with E-state index in [0.717, 1.165) is 31.5 Å². The van der Waals surface area contributed by atoms with Gasteiger partial charge in [-0.2, -0.15) is 0 Å². The van der Waals surface area contributed by atoms with Crippen molar-refractivity contribution in [2.75, 3.05) is 19.6 Å². The molecule has 0 saturated carbocycles. The van der Waals surface area contributed by atoms with Crippen LogP contribution in [0.25, 0.3) is 0 Å². The van der Waals surface area contributed by atoms with Crippen LogP contribution in [0.1, 0.15) is 31.4 Å². The van der Waals surface area contributed by atoms with Gasteiger partial charge in [0.25, 0.3) is 0 Å². The zero-order valence-electron chi connectivity index (χ0n) is 10.7. The number of benzene rings is 1. The van der Waals surface area contributed by atoms with Crippen LogP contribution in [0.3, 0.4) is 0 Å². The Hall–Kier alpha value is -1.00. The third kappa shape index (κ3) is 2.70. The van der Waals surface area contributed by atoms with E-state index in [-0.39, 0.29) is 6.04 Å². The second kappa shape index (κ2) is 5.76. The Morgan fingerprint density at radius 2 is 2.17 bits per heavy atom. The van der Waals surface area contributed by atoms with Crippen molar-refractivity contribution < 1.29 is 8.78 Å². The van der Waals surface area contributed by atoms with E-state index in [1.54, 1.807) is 6.07 Å². The summed E-state index contributed by atoms with van der Waals surface area (Å²) in [6.45, 7) is 4.60. The molecule has 2 N–H and O–H groups in total. The maximum atomic E-state index is 13.3. The van der Waals surface area contributed by atoms with Gasteiger partial charge in [0, 0.05) is 19.1 Å². The molecule has 0 aromatic heterocycles. The van der Waals surface area contributed by atoms with E-state index in [2.05, 4.69) is 11.8 Å². The molecule has 0 amide bonds. The first-order chi connectivity index (χ1) is 8.65. The molecule has 1 saturated heterocycles. The molecule has 1 fully saturated rings. The monoisotopic (exact) mass is 254 g/mol. The van der Waals surface area contributed by atoms with Gasteiger partial charge in [0.2, 0.25) is 0 Å². The Labute approximate surface area is 107 Å². The summed E-state index contributed by atoms with van der Waals surface area (Å²) in [6.07, 6.45) is 2.32. The van der Waals surface area contributed by atoms with Crippen LogP contribution in [0.2, 0.25) is 0 Å². The predicted molar refractivity (Wildman–Crippen MR) is 68.1 cm³/mol. The number of nitrogens with zero attached hydrogens (tertiary/aromatic N) is 1. The summed E-state index contributed by atoms with van der Waals surface area (Å²) < 4.78 is 26.2. The fraction of sp³-hybridized carbons (Fsp3) is 0.571. The number of nitrogens with two attached hydrogens (primary N) is 1. The first kappa shape index (κ1) is 13.4. The van der Waals surface area contributed by atoms with Gasteiger partial charge in [-0.3, -0.25) is 4.90 Å². The molecular formula is C14H20F2N2. The van der Waals surface area contributed by atoms with Gasteiger partial charge in [-0.25, -0.2) is 8.78 Å². The highest BCUT2D eigenvalue weighted by Gasteiger charge is 2.27. The highest BCUT2D eigenvalue weighted by molar-refractivity contribution is 5.22. The van der Waals surface area contributed by atoms with Crippen molar-refractivity contribution >= 4 is 0 Å². The van der Waals surface area contributed by atoms with Gasteiger partial charge in [-0.1, -0.05) is 19.4 Å². The summed E-state index contributed by atoms with van der Waals surface area (Å²) in [5.41, 5.74) is 6.57. The minimum atomic E-state index is -0.803. The van der Waals surface area contributed by atoms with E-state index in [4.69, 9.17) is 5.73 Å². The summed E-state index contributed by atoms with van der Waals surface area (Å²) in [7, 11) is 0. The standard InChI is InChI=1S/C14H20F2N2/c1-2-10-5-6-18(9-10)14(8-17)11-3-4-12(15)13(16)7-11/h3-4,7,10,14H,2,5-6,8-9,17H2,1H3. The van der Waals surface area contributed by atoms with Crippen LogP contribution in [-0.2, 0) is 0 Å². The molecule has 4 heteroatoms. The van der Waals surface area contributed by atoms with Crippen molar-refractivity contribution in [2.24, 2.45) is 11.7 Å². The van der Waals surface area contributed by atoms with Crippen LogP contribution in [0.4, 0.5) is 8.78 Å². The predicted octanol–water partition coefficient (Wildman–Crippen LogP) is 2.70. The Kier molecular flexibility index (Phi) is 4.30. The Morgan fingerprint density at radius 3 is 2.72 bits per heavy atom. The zero-order valence-corrected chi connectivity index (χ0v) is 10.7. The first-order valence-electron chi connectivity index (χ1n) is 6.54. The number of halogens is 2. The molecule has 0 spiro atoms. The molecule has 2 atom stereocenters. The van der Waals surface area contributed by atoms with Crippen LogP contribution >= 0.6 is 0 Å². The maximum absolute atomic E-state index is 13.3. The Balaban J connectivity index is 2.15. The van der Waals surface area contributed by atoms with Crippen molar-refractivity contribution in [2.45, 2.75) is 25.8 Å². The molecule has 1 aliphatic rings. The number of rotatable bonds is 4. The van der Waals surface area contributed by atoms with Crippen LogP contribution in [-0.4, -0.2) is 24.5 Å². The zero-order chi connectivity index (χ0) is 13.1. The van der Waals surface area contributed by atoms with Crippen molar-refractivity contribution in [1.29, 1.82) is 0 Å². The summed E-state index contributed by atoms with van der Waals surface area (Å²) in [5, 5.41) is 0. The Bertz CT molecular complexity index is 409. The van der Waals surface area contributed by atoms with Crippen molar-refractivity contribution in [1.82, 2.24) is 4.90 Å². The molecule has 2 nitrogen and oxygen atoms in total. The van der Waals surface area contributed by atoms with Gasteiger partial charge in [0.05, 0.1) is 0 Å². The average Bonchev–Trinajstić information content (AvgIpc) is 2.83. The summed E-state index contributed by atoms with van der Waals surface area (Å²) in [4.78, 5) is 2.28. The van der Waals surface area contributed by atoms with Crippen LogP contribution < -0.4 is 5.73 Å². The summed E-state index contributed by atoms with van der Waals surface area (Å²) >= 11 is 0. The second-order valence-electron chi connectivity index (χ2n) is 4.98. The van der Waals surface area contributed by atoms with Gasteiger partial charge >= 0.3 is 0 Å². The lowest BCUT2D eigenvalue weighted by Crippen LogP contribution is -2.32. The molecule has 1 aromatic carbocycles. The smallest absolute Gasteiger partial charge is 0.159 e. The molecular weight excluding hydrogens is 234 g/mol. The number of likely N-dealkylation sites (tertiary alicyclic amines) is 1. The lowest BCUT2D eigenvalue weighted by Gasteiger charge is -2.27. The van der Waals surface area contributed by atoms with Crippen LogP contribution in [0.15, 0.2) is 18.2 Å². The molecule has 1 heterocycles. The lowest BCUT2D eigenvalue weighted by atomic mass is 10.0. The topological polar surface area (TPSA) is 29.3 Å². The number of hydrogen-bond donors (Lipinski definition) is 1. The maximum Gasteiger partial charge on any atom is 0.159 e. The number of hydrogen-bond acceptors (Lipinski definition) is 2. The molecule has 1 aliphatic heterocycles. The molecule has 0 aliphatic carbocycles. The fourth-order valence-electron chi connectivity index (χ4n) is 2.69. The molecule has 0 radical (unpaired) electrons. The van der Waals surface area contributed by atoms with Gasteiger partial charge in [0.1, 0.15) is 0 Å². The largest absolute Gasteiger partial charge is 0.329 e. The van der Waals surface area contributed by atoms with Crippen LogP contribution in [0.5, 0.6) is 0 Å². The highest BCUT2D eigenvalue weighted by atomic mass is 19.2. The molecule has 1 aromatic rings. The molecule has 2 rings (SSSR count). The Morgan fingerprint density at radius 1 is 1.39 bits per heavy atom. The average molecular weight is 254 g/mol. The quantitative estimate of drug-likeness (QED) is 0.895. The summed E-state index contributed by atoms with van der Waals surface area (Å²) in [5.74, 6) is -0.899. The van der Waals surface area contributed by atoms with Crippen molar-refractivity contribution in [3.05, 3.63) is 35.4 Å². The van der Waals surface area contributed by atoms with E-state index in [1.807, 2.05) is 0 Å². The molecule has 18 heavy (non-hydrogen) atoms. The SMILES string of the molecule is CCC1CCN(C(CN)c2ccc(F)c(F)c2)C1. The van der Waals surface area contributed by atoms with E-state index in [9.17, 15) is 8.78 Å². The highest BCUT2D eigenvalue weighted by Crippen LogP contribution is 2.29. The van der Waals surface area contributed by atoms with Gasteiger partial charge in [0.15, 0.2) is 11.6 Å². The molecule has 100 valence electrons. The second-order valence-corrected chi connectivity index (χ2v) is 4.98. The van der Waals surface area contributed by atoms with E-state index in [0.29, 0.717) is 12.5 Å². The van der Waals surface area contributed by atoms with E-state index in [1.165, 1.54) is 12.1 Å². The molecule has 2 unspecified atom stereocenters. The van der Waals surface area contributed by atoms with Gasteiger partial charge in [-0.15, -0.1) is 0 Å². The third-order valence-electron chi connectivity index (χ3n) is 3.89. The minimum Gasteiger partial charge on any atom is -0.329 e. The normalized spacial score (nSPS) is 22.3. The van der Waals surface area contributed by atoms with Crippen molar-refractivity contribution in [3.8, 4) is 0 Å². The fourth-order valence-corrected chi connectivity index (χ4v) is 2.69. The summed E-state index contributed by atoms with van der Waals surface area (Å²) in [6, 6.07) is 4.08. The molecule has 0 bridgehead atoms. The third-order valence-corrected chi connectivity index (χ3v) is 3.89. The van der Waals surface area contributed by atoms with E-state index < -0.39 is 11.6 Å². The van der Waals surface area contributed by atoms with Crippen LogP contribution in [0, 0.1) is 17.6 Å². The first-order valence-corrected chi connectivity index (χ1v) is 6.54.